The van der Waals surface area contributed by atoms with Crippen LogP contribution >= 0.6 is 11.3 Å². The highest BCUT2D eigenvalue weighted by Crippen LogP contribution is 2.34. The Morgan fingerprint density at radius 1 is 0.771 bits per heavy atom. The lowest BCUT2D eigenvalue weighted by Crippen LogP contribution is -2.40. The van der Waals surface area contributed by atoms with E-state index in [-0.39, 0.29) is 19.8 Å². The first kappa shape index (κ1) is 51.4. The van der Waals surface area contributed by atoms with E-state index in [1.807, 2.05) is 45.2 Å². The molecular weight excluding hydrogens is 911 g/mol. The van der Waals surface area contributed by atoms with E-state index in [0.717, 1.165) is 44.8 Å². The first-order chi connectivity index (χ1) is 33.4. The maximum absolute atomic E-state index is 13.1. The van der Waals surface area contributed by atoms with Gasteiger partial charge in [-0.2, -0.15) is 5.10 Å². The largest absolute Gasteiger partial charge is 0.490 e. The van der Waals surface area contributed by atoms with E-state index in [9.17, 15) is 19.2 Å². The van der Waals surface area contributed by atoms with E-state index in [1.165, 1.54) is 11.3 Å². The van der Waals surface area contributed by atoms with Crippen molar-refractivity contribution < 1.29 is 52.3 Å². The van der Waals surface area contributed by atoms with Crippen LogP contribution in [0.25, 0.3) is 26.7 Å². The van der Waals surface area contributed by atoms with Gasteiger partial charge in [0.1, 0.15) is 47.4 Å². The van der Waals surface area contributed by atoms with Gasteiger partial charge in [-0.3, -0.25) is 0 Å². The van der Waals surface area contributed by atoms with Crippen molar-refractivity contribution in [3.63, 3.8) is 0 Å². The molecule has 0 N–H and O–H groups in total. The van der Waals surface area contributed by atoms with E-state index in [2.05, 4.69) is 50.6 Å². The van der Waals surface area contributed by atoms with Crippen LogP contribution in [0.1, 0.15) is 61.2 Å². The number of esters is 4. The van der Waals surface area contributed by atoms with Crippen molar-refractivity contribution >= 4 is 73.3 Å². The fourth-order valence-corrected chi connectivity index (χ4v) is 8.25. The SMILES string of the molecule is C=CC(=O)OCC(COc1ccc(C(=C)Oc2ccc(CCOC(=O)c3ccc(OC(C)(C)CC(C)(C)OC(=O)C=C)cc3)cc2/C=N/N(C)c2nc3c(ccc4ccccc43)s2)cc1)OC(=O)C=C. The lowest BCUT2D eigenvalue weighted by molar-refractivity contribution is -0.154. The minimum atomic E-state index is -0.892. The number of carbonyl (C=O) groups excluding carboxylic acids is 4. The summed E-state index contributed by atoms with van der Waals surface area (Å²) in [6, 6.07) is 31.4. The number of nitrogens with zero attached hydrogens (tertiary/aromatic N) is 3. The Hall–Kier alpha value is -8.04. The standard InChI is InChI=1S/C55H55N3O11S/c1-10-48(59)65-34-44(67-49(60)11-2)33-64-42-23-18-38(19-24-42)36(4)66-46-27-17-37(31-41(46)32-56-58(9)53-57-51-45-16-14-13-15-39(45)22-28-47(51)70-53)29-30-63-52(62)40-20-25-43(26-21-40)68-54(5,6)35-55(7,8)69-50(61)12-3/h10-28,31-32,44H,1-4,29-30,33-35H2,5-9H3/b56-32+. The first-order valence-electron chi connectivity index (χ1n) is 22.2. The molecule has 1 atom stereocenters. The van der Waals surface area contributed by atoms with Crippen LogP contribution in [0.2, 0.25) is 0 Å². The summed E-state index contributed by atoms with van der Waals surface area (Å²) >= 11 is 1.53. The maximum atomic E-state index is 13.1. The summed E-state index contributed by atoms with van der Waals surface area (Å²) < 4.78 is 40.9. The van der Waals surface area contributed by atoms with Gasteiger partial charge >= 0.3 is 23.9 Å². The molecule has 70 heavy (non-hydrogen) atoms. The van der Waals surface area contributed by atoms with Gasteiger partial charge in [0.15, 0.2) is 6.10 Å². The Morgan fingerprint density at radius 2 is 1.46 bits per heavy atom. The lowest BCUT2D eigenvalue weighted by atomic mass is 9.92. The smallest absolute Gasteiger partial charge is 0.338 e. The molecule has 14 nitrogen and oxygen atoms in total. The van der Waals surface area contributed by atoms with Gasteiger partial charge in [-0.1, -0.05) is 74.1 Å². The van der Waals surface area contributed by atoms with Gasteiger partial charge in [-0.25, -0.2) is 29.2 Å². The Morgan fingerprint density at radius 3 is 2.17 bits per heavy atom. The van der Waals surface area contributed by atoms with Crippen molar-refractivity contribution in [3.05, 3.63) is 170 Å². The average molecular weight is 966 g/mol. The summed E-state index contributed by atoms with van der Waals surface area (Å²) in [4.78, 5) is 53.3. The molecule has 0 spiro atoms. The summed E-state index contributed by atoms with van der Waals surface area (Å²) in [5.41, 5.74) is 1.89. The zero-order chi connectivity index (χ0) is 50.4. The zero-order valence-corrected chi connectivity index (χ0v) is 40.6. The summed E-state index contributed by atoms with van der Waals surface area (Å²) in [5, 5.41) is 9.33. The van der Waals surface area contributed by atoms with Gasteiger partial charge in [0.2, 0.25) is 5.13 Å². The second kappa shape index (κ2) is 23.3. The molecule has 1 aromatic heterocycles. The minimum absolute atomic E-state index is 0.0948. The van der Waals surface area contributed by atoms with E-state index in [4.69, 9.17) is 43.2 Å². The number of carbonyl (C=O) groups is 4. The highest BCUT2D eigenvalue weighted by Gasteiger charge is 2.33. The van der Waals surface area contributed by atoms with Crippen molar-refractivity contribution in [1.29, 1.82) is 0 Å². The van der Waals surface area contributed by atoms with E-state index >= 15 is 0 Å². The normalized spacial score (nSPS) is 11.8. The second-order valence-corrected chi connectivity index (χ2v) is 18.1. The number of rotatable bonds is 24. The van der Waals surface area contributed by atoms with Gasteiger partial charge in [-0.05, 0) is 105 Å². The van der Waals surface area contributed by atoms with Crippen LogP contribution in [0.4, 0.5) is 5.13 Å². The van der Waals surface area contributed by atoms with E-state index < -0.39 is 41.2 Å². The Balaban J connectivity index is 1.13. The molecule has 0 saturated carbocycles. The summed E-state index contributed by atoms with van der Waals surface area (Å²) in [5.74, 6) is -0.566. The molecule has 0 amide bonds. The number of aromatic nitrogens is 1. The molecule has 0 aliphatic rings. The van der Waals surface area contributed by atoms with Crippen LogP contribution in [-0.4, -0.2) is 79.3 Å². The van der Waals surface area contributed by atoms with Crippen LogP contribution in [0, 0.1) is 0 Å². The molecule has 0 aliphatic heterocycles. The Labute approximate surface area is 411 Å². The van der Waals surface area contributed by atoms with Crippen molar-refractivity contribution in [2.75, 3.05) is 31.9 Å². The first-order valence-corrected chi connectivity index (χ1v) is 23.0. The number of benzene rings is 5. The quantitative estimate of drug-likeness (QED) is 0.0141. The van der Waals surface area contributed by atoms with Crippen molar-refractivity contribution in [3.8, 4) is 17.2 Å². The number of hydrogen-bond donors (Lipinski definition) is 0. The summed E-state index contributed by atoms with van der Waals surface area (Å²) in [6.45, 7) is 21.6. The molecule has 0 saturated heterocycles. The van der Waals surface area contributed by atoms with Crippen LogP contribution in [0.3, 0.4) is 0 Å². The third-order valence-corrected chi connectivity index (χ3v) is 11.5. The van der Waals surface area contributed by atoms with Crippen LogP contribution < -0.4 is 19.2 Å². The van der Waals surface area contributed by atoms with Gasteiger partial charge in [-0.15, -0.1) is 0 Å². The average Bonchev–Trinajstić information content (AvgIpc) is 3.79. The van der Waals surface area contributed by atoms with Gasteiger partial charge in [0.05, 0.1) is 28.6 Å². The van der Waals surface area contributed by atoms with E-state index in [1.54, 1.807) is 79.7 Å². The highest BCUT2D eigenvalue weighted by molar-refractivity contribution is 7.22. The molecule has 6 rings (SSSR count). The van der Waals surface area contributed by atoms with Crippen molar-refractivity contribution in [2.24, 2.45) is 5.10 Å². The van der Waals surface area contributed by atoms with Gasteiger partial charge < -0.3 is 33.2 Å². The van der Waals surface area contributed by atoms with Gasteiger partial charge in [0.25, 0.3) is 0 Å². The lowest BCUT2D eigenvalue weighted by Gasteiger charge is -2.34. The van der Waals surface area contributed by atoms with Crippen molar-refractivity contribution in [1.82, 2.24) is 4.98 Å². The van der Waals surface area contributed by atoms with Crippen molar-refractivity contribution in [2.45, 2.75) is 57.8 Å². The molecule has 0 radical (unpaired) electrons. The molecule has 0 aliphatic carbocycles. The molecule has 1 unspecified atom stereocenters. The van der Waals surface area contributed by atoms with Gasteiger partial charge in [0, 0.05) is 54.6 Å². The fraction of sp³-hybridized carbons (Fsp3) is 0.236. The predicted molar refractivity (Wildman–Crippen MR) is 273 cm³/mol. The maximum Gasteiger partial charge on any atom is 0.338 e. The molecule has 362 valence electrons. The minimum Gasteiger partial charge on any atom is -0.490 e. The second-order valence-electron chi connectivity index (χ2n) is 17.1. The zero-order valence-electron chi connectivity index (χ0n) is 39.8. The molecule has 6 aromatic rings. The topological polar surface area (TPSA) is 161 Å². The van der Waals surface area contributed by atoms with Crippen LogP contribution in [0.15, 0.2) is 153 Å². The third kappa shape index (κ3) is 14.5. The van der Waals surface area contributed by atoms with E-state index in [0.29, 0.717) is 57.7 Å². The summed E-state index contributed by atoms with van der Waals surface area (Å²) in [7, 11) is 1.83. The number of hydrazone groups is 1. The molecule has 0 bridgehead atoms. The Bertz CT molecular complexity index is 2920. The Kier molecular flexibility index (Phi) is 17.1. The number of anilines is 1. The van der Waals surface area contributed by atoms with Crippen LogP contribution in [-0.2, 0) is 39.8 Å². The molecule has 0 fully saturated rings. The number of fused-ring (bicyclic) bond motifs is 3. The monoisotopic (exact) mass is 965 g/mol. The number of ether oxygens (including phenoxy) is 7. The number of thiazole rings is 1. The predicted octanol–water partition coefficient (Wildman–Crippen LogP) is 10.6. The summed E-state index contributed by atoms with van der Waals surface area (Å²) in [6.07, 6.45) is 4.73. The van der Waals surface area contributed by atoms with Crippen LogP contribution in [0.5, 0.6) is 17.2 Å². The molecule has 1 heterocycles. The molecule has 15 heteroatoms. The third-order valence-electron chi connectivity index (χ3n) is 10.4. The number of hydrogen-bond acceptors (Lipinski definition) is 15. The highest BCUT2D eigenvalue weighted by atomic mass is 32.1. The fourth-order valence-electron chi connectivity index (χ4n) is 7.35. The molecular formula is C55H55N3O11S. The molecule has 5 aromatic carbocycles.